The molecule has 2 aromatic rings. The van der Waals surface area contributed by atoms with E-state index in [1.165, 1.54) is 6.92 Å². The van der Waals surface area contributed by atoms with Gasteiger partial charge in [-0.1, -0.05) is 23.2 Å². The van der Waals surface area contributed by atoms with Crippen molar-refractivity contribution < 1.29 is 14.3 Å². The molecule has 0 unspecified atom stereocenters. The summed E-state index contributed by atoms with van der Waals surface area (Å²) in [6.07, 6.45) is 0.916. The molecule has 116 valence electrons. The molecular weight excluding hydrogens is 327 g/mol. The molecule has 0 saturated heterocycles. The van der Waals surface area contributed by atoms with E-state index in [2.05, 4.69) is 10.3 Å². The zero-order valence-corrected chi connectivity index (χ0v) is 13.4. The first-order valence-electron chi connectivity index (χ1n) is 6.87. The van der Waals surface area contributed by atoms with Crippen LogP contribution in [0.15, 0.2) is 6.07 Å². The van der Waals surface area contributed by atoms with Gasteiger partial charge in [0.2, 0.25) is 5.91 Å². The van der Waals surface area contributed by atoms with E-state index in [1.54, 1.807) is 6.07 Å². The van der Waals surface area contributed by atoms with E-state index < -0.39 is 0 Å². The van der Waals surface area contributed by atoms with E-state index >= 15 is 0 Å². The molecule has 0 atom stereocenters. The maximum atomic E-state index is 11.8. The second-order valence-electron chi connectivity index (χ2n) is 5.27. The summed E-state index contributed by atoms with van der Waals surface area (Å²) in [5.41, 5.74) is 2.43. The van der Waals surface area contributed by atoms with Gasteiger partial charge < -0.3 is 15.0 Å². The highest BCUT2D eigenvalue weighted by Gasteiger charge is 2.23. The molecule has 1 aliphatic heterocycles. The normalized spacial score (nSPS) is 14.4. The van der Waals surface area contributed by atoms with Crippen LogP contribution < -0.4 is 10.1 Å². The Bertz CT molecular complexity index is 783. The van der Waals surface area contributed by atoms with Crippen LogP contribution >= 0.6 is 23.2 Å². The van der Waals surface area contributed by atoms with Crippen LogP contribution in [0.4, 0.5) is 0 Å². The summed E-state index contributed by atoms with van der Waals surface area (Å²) in [5, 5.41) is 4.28. The van der Waals surface area contributed by atoms with Crippen molar-refractivity contribution in [2.75, 3.05) is 13.2 Å². The summed E-state index contributed by atoms with van der Waals surface area (Å²) < 4.78 is 5.57. The fraction of sp³-hybridized carbons (Fsp3) is 0.333. The van der Waals surface area contributed by atoms with Crippen LogP contribution in [-0.4, -0.2) is 29.8 Å². The number of fused-ring (bicyclic) bond motifs is 3. The number of rotatable bonds is 3. The number of aromatic amines is 1. The number of amides is 1. The minimum absolute atomic E-state index is 0.0526. The van der Waals surface area contributed by atoms with Gasteiger partial charge in [0.25, 0.3) is 0 Å². The summed E-state index contributed by atoms with van der Waals surface area (Å²) in [5.74, 6) is 0.314. The largest absolute Gasteiger partial charge is 0.485 e. The van der Waals surface area contributed by atoms with Crippen molar-refractivity contribution in [3.63, 3.8) is 0 Å². The van der Waals surface area contributed by atoms with Gasteiger partial charge in [-0.25, -0.2) is 0 Å². The zero-order chi connectivity index (χ0) is 15.9. The smallest absolute Gasteiger partial charge is 0.224 e. The highest BCUT2D eigenvalue weighted by molar-refractivity contribution is 6.45. The SMILES string of the molecule is CC(=O)COc1cc(Cl)c(Cl)c2[nH]c3c(c12)CC(=O)NCC3. The van der Waals surface area contributed by atoms with Crippen LogP contribution in [0.1, 0.15) is 18.2 Å². The van der Waals surface area contributed by atoms with Gasteiger partial charge in [0.05, 0.1) is 22.0 Å². The number of ketones is 1. The van der Waals surface area contributed by atoms with E-state index in [1.807, 2.05) is 0 Å². The van der Waals surface area contributed by atoms with Crippen molar-refractivity contribution in [2.45, 2.75) is 19.8 Å². The minimum atomic E-state index is -0.0985. The fourth-order valence-corrected chi connectivity index (χ4v) is 3.04. The Balaban J connectivity index is 2.21. The molecule has 22 heavy (non-hydrogen) atoms. The predicted molar refractivity (Wildman–Crippen MR) is 84.9 cm³/mol. The highest BCUT2D eigenvalue weighted by atomic mass is 35.5. The number of aromatic nitrogens is 1. The summed E-state index contributed by atoms with van der Waals surface area (Å²) in [6.45, 7) is 1.95. The number of halogens is 2. The lowest BCUT2D eigenvalue weighted by Gasteiger charge is -2.09. The fourth-order valence-electron chi connectivity index (χ4n) is 2.65. The third-order valence-corrected chi connectivity index (χ3v) is 4.38. The van der Waals surface area contributed by atoms with Crippen molar-refractivity contribution in [2.24, 2.45) is 0 Å². The molecule has 7 heteroatoms. The van der Waals surface area contributed by atoms with Gasteiger partial charge in [-0.15, -0.1) is 0 Å². The second-order valence-corrected chi connectivity index (χ2v) is 6.06. The molecule has 5 nitrogen and oxygen atoms in total. The molecular formula is C15H14Cl2N2O3. The van der Waals surface area contributed by atoms with Gasteiger partial charge in [-0.05, 0) is 12.5 Å². The van der Waals surface area contributed by atoms with Gasteiger partial charge in [0.1, 0.15) is 12.4 Å². The van der Waals surface area contributed by atoms with Gasteiger partial charge in [-0.2, -0.15) is 0 Å². The Hall–Kier alpha value is -1.72. The lowest BCUT2D eigenvalue weighted by Crippen LogP contribution is -2.24. The first-order valence-corrected chi connectivity index (χ1v) is 7.63. The van der Waals surface area contributed by atoms with Crippen molar-refractivity contribution in [3.05, 3.63) is 27.4 Å². The van der Waals surface area contributed by atoms with Gasteiger partial charge in [0, 0.05) is 30.1 Å². The molecule has 2 N–H and O–H groups in total. The van der Waals surface area contributed by atoms with Crippen LogP contribution in [0, 0.1) is 0 Å². The maximum absolute atomic E-state index is 11.8. The van der Waals surface area contributed by atoms with E-state index in [-0.39, 0.29) is 24.7 Å². The van der Waals surface area contributed by atoms with Gasteiger partial charge in [-0.3, -0.25) is 9.59 Å². The van der Waals surface area contributed by atoms with Gasteiger partial charge in [0.15, 0.2) is 5.78 Å². The van der Waals surface area contributed by atoms with E-state index in [0.717, 1.165) is 16.6 Å². The standard InChI is InChI=1S/C15H14Cl2N2O3/c1-7(20)6-22-11-5-9(16)14(17)15-13(11)8-4-12(21)18-3-2-10(8)19-15/h5,19H,2-4,6H2,1H3,(H,18,21). The van der Waals surface area contributed by atoms with Crippen LogP contribution in [-0.2, 0) is 22.4 Å². The number of Topliss-reactive ketones (excluding diaryl/α,β-unsaturated/α-hetero) is 1. The average molecular weight is 341 g/mol. The van der Waals surface area contributed by atoms with E-state index in [9.17, 15) is 9.59 Å². The third kappa shape index (κ3) is 2.66. The number of hydrogen-bond donors (Lipinski definition) is 2. The molecule has 0 saturated carbocycles. The number of ether oxygens (including phenoxy) is 1. The summed E-state index contributed by atoms with van der Waals surface area (Å²) in [7, 11) is 0. The maximum Gasteiger partial charge on any atom is 0.224 e. The molecule has 0 radical (unpaired) electrons. The van der Waals surface area contributed by atoms with E-state index in [0.29, 0.717) is 34.3 Å². The first kappa shape index (κ1) is 15.2. The Labute approximate surface area is 136 Å². The summed E-state index contributed by atoms with van der Waals surface area (Å²) in [4.78, 5) is 26.3. The van der Waals surface area contributed by atoms with Crippen LogP contribution in [0.5, 0.6) is 5.75 Å². The van der Waals surface area contributed by atoms with Crippen molar-refractivity contribution in [3.8, 4) is 5.75 Å². The lowest BCUT2D eigenvalue weighted by atomic mass is 10.1. The number of carbonyl (C=O) groups excluding carboxylic acids is 2. The summed E-state index contributed by atoms with van der Waals surface area (Å²) >= 11 is 12.4. The summed E-state index contributed by atoms with van der Waals surface area (Å²) in [6, 6.07) is 1.59. The number of benzene rings is 1. The molecule has 0 fully saturated rings. The van der Waals surface area contributed by atoms with Crippen molar-refractivity contribution in [1.29, 1.82) is 0 Å². The third-order valence-electron chi connectivity index (χ3n) is 3.59. The number of nitrogens with one attached hydrogen (secondary N) is 2. The molecule has 1 amide bonds. The number of hydrogen-bond acceptors (Lipinski definition) is 3. The molecule has 1 aliphatic rings. The Kier molecular flexibility index (Phi) is 4.02. The molecule has 0 spiro atoms. The Morgan fingerprint density at radius 1 is 1.41 bits per heavy atom. The van der Waals surface area contributed by atoms with Crippen LogP contribution in [0.2, 0.25) is 10.0 Å². The second kappa shape index (κ2) is 5.82. The zero-order valence-electron chi connectivity index (χ0n) is 11.9. The monoisotopic (exact) mass is 340 g/mol. The molecule has 2 heterocycles. The topological polar surface area (TPSA) is 71.2 Å². The molecule has 0 aliphatic carbocycles. The molecule has 3 rings (SSSR count). The van der Waals surface area contributed by atoms with Crippen LogP contribution in [0.25, 0.3) is 10.9 Å². The molecule has 0 bridgehead atoms. The number of H-pyrrole nitrogens is 1. The Morgan fingerprint density at radius 2 is 2.18 bits per heavy atom. The van der Waals surface area contributed by atoms with Crippen molar-refractivity contribution in [1.82, 2.24) is 10.3 Å². The average Bonchev–Trinajstić information content (AvgIpc) is 2.70. The highest BCUT2D eigenvalue weighted by Crippen LogP contribution is 2.41. The van der Waals surface area contributed by atoms with Crippen molar-refractivity contribution >= 4 is 45.8 Å². The Morgan fingerprint density at radius 3 is 2.91 bits per heavy atom. The first-order chi connectivity index (χ1) is 10.5. The van der Waals surface area contributed by atoms with Gasteiger partial charge >= 0.3 is 0 Å². The lowest BCUT2D eigenvalue weighted by molar-refractivity contribution is -0.120. The molecule has 1 aromatic heterocycles. The minimum Gasteiger partial charge on any atom is -0.485 e. The quantitative estimate of drug-likeness (QED) is 0.902. The number of carbonyl (C=O) groups is 2. The van der Waals surface area contributed by atoms with E-state index in [4.69, 9.17) is 27.9 Å². The molecule has 1 aromatic carbocycles. The predicted octanol–water partition coefficient (Wildman–Crippen LogP) is 2.66. The van der Waals surface area contributed by atoms with Crippen LogP contribution in [0.3, 0.4) is 0 Å².